The van der Waals surface area contributed by atoms with Gasteiger partial charge < -0.3 is 9.84 Å². The van der Waals surface area contributed by atoms with Gasteiger partial charge in [0, 0.05) is 11.9 Å². The second-order valence-electron chi connectivity index (χ2n) is 4.87. The van der Waals surface area contributed by atoms with Gasteiger partial charge in [-0.15, -0.1) is 11.8 Å². The van der Waals surface area contributed by atoms with Crippen LogP contribution in [0.15, 0.2) is 0 Å². The monoisotopic (exact) mass is 232 g/mol. The maximum Gasteiger partial charge on any atom is 0.319 e. The van der Waals surface area contributed by atoms with Gasteiger partial charge in [-0.2, -0.15) is 0 Å². The van der Waals surface area contributed by atoms with Gasteiger partial charge in [0.15, 0.2) is 0 Å². The van der Waals surface area contributed by atoms with Crippen LogP contribution in [0.5, 0.6) is 0 Å². The van der Waals surface area contributed by atoms with E-state index >= 15 is 0 Å². The molecule has 0 aromatic heterocycles. The number of rotatable bonds is 3. The van der Waals surface area contributed by atoms with Crippen LogP contribution >= 0.6 is 11.8 Å². The molecule has 0 bridgehead atoms. The lowest BCUT2D eigenvalue weighted by Gasteiger charge is -2.21. The summed E-state index contributed by atoms with van der Waals surface area (Å²) in [5.74, 6) is -0.104. The molecule has 0 aliphatic carbocycles. The molecule has 0 radical (unpaired) electrons. The fraction of sp³-hybridized carbons (Fsp3) is 0.909. The first-order chi connectivity index (χ1) is 6.92. The lowest BCUT2D eigenvalue weighted by atomic mass is 10.1. The lowest BCUT2D eigenvalue weighted by Crippen LogP contribution is -2.29. The third-order valence-electron chi connectivity index (χ3n) is 2.23. The Morgan fingerprint density at radius 2 is 2.13 bits per heavy atom. The Bertz CT molecular complexity index is 222. The minimum Gasteiger partial charge on any atom is -0.459 e. The minimum absolute atomic E-state index is 0.0271. The fourth-order valence-corrected chi connectivity index (χ4v) is 3.01. The van der Waals surface area contributed by atoms with Crippen LogP contribution in [0.25, 0.3) is 0 Å². The normalized spacial score (nSPS) is 26.7. The summed E-state index contributed by atoms with van der Waals surface area (Å²) >= 11 is 1.65. The summed E-state index contributed by atoms with van der Waals surface area (Å²) < 4.78 is 5.33. The Kier molecular flexibility index (Phi) is 4.46. The summed E-state index contributed by atoms with van der Waals surface area (Å²) in [5, 5.41) is 9.21. The molecule has 1 aliphatic heterocycles. The number of aliphatic hydroxyl groups is 1. The number of aliphatic hydroxyl groups excluding tert-OH is 1. The van der Waals surface area contributed by atoms with E-state index in [0.717, 1.165) is 19.3 Å². The van der Waals surface area contributed by atoms with Crippen molar-refractivity contribution in [3.63, 3.8) is 0 Å². The van der Waals surface area contributed by atoms with E-state index in [4.69, 9.17) is 9.84 Å². The Morgan fingerprint density at radius 1 is 1.47 bits per heavy atom. The summed E-state index contributed by atoms with van der Waals surface area (Å²) in [5.41, 5.74) is -0.396. The maximum absolute atomic E-state index is 11.7. The third-order valence-corrected chi connectivity index (χ3v) is 3.84. The van der Waals surface area contributed by atoms with Crippen molar-refractivity contribution in [2.75, 3.05) is 6.61 Å². The molecule has 0 aromatic rings. The number of carbonyl (C=O) groups excluding carboxylic acids is 1. The van der Waals surface area contributed by atoms with Crippen molar-refractivity contribution in [2.24, 2.45) is 0 Å². The molecular formula is C11H20O3S. The van der Waals surface area contributed by atoms with Crippen LogP contribution in [0.3, 0.4) is 0 Å². The van der Waals surface area contributed by atoms with Gasteiger partial charge in [-0.05, 0) is 40.0 Å². The average molecular weight is 232 g/mol. The van der Waals surface area contributed by atoms with Gasteiger partial charge in [0.2, 0.25) is 0 Å². The third kappa shape index (κ3) is 4.43. The SMILES string of the molecule is CC(C)(C)OC(=O)[C@@H]1CC[C@@H](CCO)S1. The molecule has 0 saturated carbocycles. The van der Waals surface area contributed by atoms with E-state index < -0.39 is 5.60 Å². The largest absolute Gasteiger partial charge is 0.459 e. The van der Waals surface area contributed by atoms with Crippen LogP contribution in [0.4, 0.5) is 0 Å². The van der Waals surface area contributed by atoms with Gasteiger partial charge >= 0.3 is 5.97 Å². The molecule has 0 aromatic carbocycles. The molecule has 0 unspecified atom stereocenters. The molecule has 1 saturated heterocycles. The molecule has 1 rings (SSSR count). The van der Waals surface area contributed by atoms with Crippen molar-refractivity contribution >= 4 is 17.7 Å². The Balaban J connectivity index is 2.37. The van der Waals surface area contributed by atoms with Crippen molar-refractivity contribution in [1.29, 1.82) is 0 Å². The van der Waals surface area contributed by atoms with Crippen LogP contribution in [0, 0.1) is 0 Å². The summed E-state index contributed by atoms with van der Waals surface area (Å²) in [4.78, 5) is 11.7. The van der Waals surface area contributed by atoms with Crippen molar-refractivity contribution < 1.29 is 14.6 Å². The van der Waals surface area contributed by atoms with Crippen LogP contribution in [-0.4, -0.2) is 33.8 Å². The minimum atomic E-state index is -0.396. The molecule has 15 heavy (non-hydrogen) atoms. The zero-order valence-corrected chi connectivity index (χ0v) is 10.5. The van der Waals surface area contributed by atoms with E-state index in [1.54, 1.807) is 11.8 Å². The smallest absolute Gasteiger partial charge is 0.319 e. The van der Waals surface area contributed by atoms with Crippen LogP contribution in [0.2, 0.25) is 0 Å². The van der Waals surface area contributed by atoms with E-state index in [1.807, 2.05) is 20.8 Å². The predicted molar refractivity (Wildman–Crippen MR) is 61.9 cm³/mol. The van der Waals surface area contributed by atoms with Crippen molar-refractivity contribution in [3.8, 4) is 0 Å². The molecule has 3 nitrogen and oxygen atoms in total. The molecule has 0 amide bonds. The van der Waals surface area contributed by atoms with Crippen LogP contribution in [-0.2, 0) is 9.53 Å². The first kappa shape index (κ1) is 12.8. The molecule has 88 valence electrons. The summed E-state index contributed by atoms with van der Waals surface area (Å²) in [6.07, 6.45) is 2.67. The van der Waals surface area contributed by atoms with Gasteiger partial charge in [-0.25, -0.2) is 0 Å². The average Bonchev–Trinajstić information content (AvgIpc) is 2.50. The topological polar surface area (TPSA) is 46.5 Å². The van der Waals surface area contributed by atoms with E-state index in [1.165, 1.54) is 0 Å². The summed E-state index contributed by atoms with van der Waals surface area (Å²) in [6.45, 7) is 5.86. The van der Waals surface area contributed by atoms with Crippen LogP contribution < -0.4 is 0 Å². The number of carbonyl (C=O) groups is 1. The van der Waals surface area contributed by atoms with E-state index in [-0.39, 0.29) is 17.8 Å². The van der Waals surface area contributed by atoms with Crippen molar-refractivity contribution in [1.82, 2.24) is 0 Å². The highest BCUT2D eigenvalue weighted by Crippen LogP contribution is 2.36. The predicted octanol–water partition coefficient (Wildman–Crippen LogP) is 1.97. The van der Waals surface area contributed by atoms with Gasteiger partial charge in [-0.1, -0.05) is 0 Å². The van der Waals surface area contributed by atoms with Crippen LogP contribution in [0.1, 0.15) is 40.0 Å². The van der Waals surface area contributed by atoms with E-state index in [0.29, 0.717) is 5.25 Å². The fourth-order valence-electron chi connectivity index (χ4n) is 1.60. The maximum atomic E-state index is 11.7. The molecular weight excluding hydrogens is 212 g/mol. The lowest BCUT2D eigenvalue weighted by molar-refractivity contribution is -0.154. The van der Waals surface area contributed by atoms with Gasteiger partial charge in [0.05, 0.1) is 0 Å². The van der Waals surface area contributed by atoms with Gasteiger partial charge in [0.25, 0.3) is 0 Å². The summed E-state index contributed by atoms with van der Waals surface area (Å²) in [7, 11) is 0. The molecule has 4 heteroatoms. The zero-order chi connectivity index (χ0) is 11.5. The summed E-state index contributed by atoms with van der Waals surface area (Å²) in [6, 6.07) is 0. The second kappa shape index (κ2) is 5.21. The Labute approximate surface area is 95.6 Å². The highest BCUT2D eigenvalue weighted by Gasteiger charge is 2.33. The van der Waals surface area contributed by atoms with Crippen molar-refractivity contribution in [3.05, 3.63) is 0 Å². The van der Waals surface area contributed by atoms with E-state index in [2.05, 4.69) is 0 Å². The van der Waals surface area contributed by atoms with Crippen molar-refractivity contribution in [2.45, 2.75) is 56.1 Å². The number of ether oxygens (including phenoxy) is 1. The van der Waals surface area contributed by atoms with Gasteiger partial charge in [0.1, 0.15) is 10.9 Å². The highest BCUT2D eigenvalue weighted by atomic mass is 32.2. The quantitative estimate of drug-likeness (QED) is 0.756. The van der Waals surface area contributed by atoms with E-state index in [9.17, 15) is 4.79 Å². The highest BCUT2D eigenvalue weighted by molar-refractivity contribution is 8.01. The molecule has 1 heterocycles. The zero-order valence-electron chi connectivity index (χ0n) is 9.66. The Hall–Kier alpha value is -0.220. The second-order valence-corrected chi connectivity index (χ2v) is 6.38. The number of hydrogen-bond donors (Lipinski definition) is 1. The molecule has 1 aliphatic rings. The Morgan fingerprint density at radius 3 is 2.67 bits per heavy atom. The first-order valence-electron chi connectivity index (χ1n) is 5.41. The molecule has 0 spiro atoms. The molecule has 2 atom stereocenters. The number of esters is 1. The van der Waals surface area contributed by atoms with Gasteiger partial charge in [-0.3, -0.25) is 4.79 Å². The number of thioether (sulfide) groups is 1. The number of hydrogen-bond acceptors (Lipinski definition) is 4. The first-order valence-corrected chi connectivity index (χ1v) is 6.36. The molecule has 1 fully saturated rings. The standard InChI is InChI=1S/C11H20O3S/c1-11(2,3)14-10(13)9-5-4-8(15-9)6-7-12/h8-9,12H,4-7H2,1-3H3/t8-,9-/m0/s1. The molecule has 1 N–H and O–H groups in total.